The van der Waals surface area contributed by atoms with Crippen LogP contribution in [0.3, 0.4) is 0 Å². The van der Waals surface area contributed by atoms with Crippen LogP contribution in [0, 0.1) is 0 Å². The zero-order valence-corrected chi connectivity index (χ0v) is 19.0. The van der Waals surface area contributed by atoms with Gasteiger partial charge in [0.1, 0.15) is 12.4 Å². The van der Waals surface area contributed by atoms with Crippen LogP contribution in [0.2, 0.25) is 0 Å². The third-order valence-corrected chi connectivity index (χ3v) is 4.88. The Hall–Kier alpha value is -2.96. The molecule has 6 heteroatoms. The summed E-state index contributed by atoms with van der Waals surface area (Å²) in [6, 6.07) is 18.1. The fraction of sp³-hybridized carbons (Fsp3) is 0.385. The summed E-state index contributed by atoms with van der Waals surface area (Å²) >= 11 is 0. The number of ether oxygens (including phenoxy) is 2. The van der Waals surface area contributed by atoms with Crippen molar-refractivity contribution >= 4 is 12.1 Å². The van der Waals surface area contributed by atoms with Gasteiger partial charge in [0.2, 0.25) is 5.91 Å². The van der Waals surface area contributed by atoms with E-state index in [9.17, 15) is 4.79 Å². The maximum Gasteiger partial charge on any atom is 0.225 e. The Balaban J connectivity index is 0.000000235. The van der Waals surface area contributed by atoms with Crippen molar-refractivity contribution in [1.29, 1.82) is 0 Å². The molecule has 0 saturated carbocycles. The van der Waals surface area contributed by atoms with Crippen molar-refractivity contribution in [3.63, 3.8) is 0 Å². The van der Waals surface area contributed by atoms with Crippen LogP contribution in [0.1, 0.15) is 17.5 Å². The number of amides is 1. The number of carbonyl (C=O) groups is 1. The molecule has 32 heavy (non-hydrogen) atoms. The van der Waals surface area contributed by atoms with Gasteiger partial charge in [-0.3, -0.25) is 9.69 Å². The first-order valence-electron chi connectivity index (χ1n) is 11.0. The number of rotatable bonds is 10. The van der Waals surface area contributed by atoms with E-state index < -0.39 is 0 Å². The first-order valence-corrected chi connectivity index (χ1v) is 11.0. The van der Waals surface area contributed by atoms with Crippen LogP contribution in [-0.4, -0.2) is 63.5 Å². The molecule has 1 saturated heterocycles. The van der Waals surface area contributed by atoms with Gasteiger partial charge in [-0.15, -0.1) is 6.58 Å². The monoisotopic (exact) mass is 437 g/mol. The average molecular weight is 438 g/mol. The lowest BCUT2D eigenvalue weighted by atomic mass is 10.1. The van der Waals surface area contributed by atoms with Gasteiger partial charge >= 0.3 is 0 Å². The Bertz CT molecular complexity index is 801. The number of allylic oxidation sites excluding steroid dienone is 1. The number of benzene rings is 2. The Morgan fingerprint density at radius 2 is 1.84 bits per heavy atom. The summed E-state index contributed by atoms with van der Waals surface area (Å²) in [4.78, 5) is 17.3. The van der Waals surface area contributed by atoms with Crippen LogP contribution >= 0.6 is 0 Å². The molecular formula is C26H35N3O3. The van der Waals surface area contributed by atoms with E-state index in [1.807, 2.05) is 48.5 Å². The minimum absolute atomic E-state index is 0.000506. The standard InChI is InChI=1S/C15H21NO2.C11H14N2O/c1-2-3-14-4-6-15(7-5-14)18-13-10-16-8-11-17-12-9-16;1-12-8-7-11(14)13-9-10-5-3-2-4-6-10/h2,4-7H,1,3,8-13H2;2-6,8H,7,9H2,1H3,(H,13,14). The van der Waals surface area contributed by atoms with E-state index in [1.54, 1.807) is 13.3 Å². The van der Waals surface area contributed by atoms with E-state index in [-0.39, 0.29) is 5.91 Å². The number of carbonyl (C=O) groups excluding carboxylic acids is 1. The van der Waals surface area contributed by atoms with Crippen molar-refractivity contribution in [3.05, 3.63) is 78.4 Å². The second-order valence-electron chi connectivity index (χ2n) is 7.35. The highest BCUT2D eigenvalue weighted by Gasteiger charge is 2.09. The third-order valence-electron chi connectivity index (χ3n) is 4.88. The normalized spacial score (nSPS) is 13.8. The van der Waals surface area contributed by atoms with Gasteiger partial charge in [0.15, 0.2) is 0 Å². The van der Waals surface area contributed by atoms with Crippen molar-refractivity contribution in [2.75, 3.05) is 46.5 Å². The highest BCUT2D eigenvalue weighted by molar-refractivity contribution is 5.89. The number of nitrogens with one attached hydrogen (secondary N) is 1. The maximum absolute atomic E-state index is 11.2. The van der Waals surface area contributed by atoms with Crippen LogP contribution in [0.25, 0.3) is 0 Å². The molecule has 0 aromatic heterocycles. The number of aliphatic imine (C=N–C) groups is 1. The predicted octanol–water partition coefficient (Wildman–Crippen LogP) is 3.52. The van der Waals surface area contributed by atoms with Crippen molar-refractivity contribution in [1.82, 2.24) is 10.2 Å². The summed E-state index contributed by atoms with van der Waals surface area (Å²) < 4.78 is 11.0. The molecule has 0 bridgehead atoms. The van der Waals surface area contributed by atoms with Crippen LogP contribution < -0.4 is 10.1 Å². The first-order chi connectivity index (χ1) is 15.7. The molecule has 2 aromatic rings. The Morgan fingerprint density at radius 1 is 1.12 bits per heavy atom. The quantitative estimate of drug-likeness (QED) is 0.456. The van der Waals surface area contributed by atoms with Gasteiger partial charge in [-0.25, -0.2) is 0 Å². The molecule has 6 nitrogen and oxygen atoms in total. The van der Waals surface area contributed by atoms with Crippen molar-refractivity contribution in [2.45, 2.75) is 19.4 Å². The average Bonchev–Trinajstić information content (AvgIpc) is 2.84. The van der Waals surface area contributed by atoms with E-state index in [0.29, 0.717) is 13.0 Å². The van der Waals surface area contributed by atoms with E-state index >= 15 is 0 Å². The molecule has 0 unspecified atom stereocenters. The molecule has 3 rings (SSSR count). The van der Waals surface area contributed by atoms with E-state index in [4.69, 9.17) is 9.47 Å². The molecule has 172 valence electrons. The van der Waals surface area contributed by atoms with Gasteiger partial charge < -0.3 is 19.8 Å². The molecule has 0 radical (unpaired) electrons. The molecule has 1 N–H and O–H groups in total. The minimum Gasteiger partial charge on any atom is -0.492 e. The van der Waals surface area contributed by atoms with Crippen LogP contribution in [-0.2, 0) is 22.5 Å². The second kappa shape index (κ2) is 15.8. The van der Waals surface area contributed by atoms with E-state index in [2.05, 4.69) is 33.9 Å². The summed E-state index contributed by atoms with van der Waals surface area (Å²) in [5.41, 5.74) is 2.37. The van der Waals surface area contributed by atoms with Gasteiger partial charge in [0, 0.05) is 39.4 Å². The number of nitrogens with zero attached hydrogens (tertiary/aromatic N) is 2. The Kier molecular flexibility index (Phi) is 12.5. The van der Waals surface area contributed by atoms with Gasteiger partial charge in [0.25, 0.3) is 0 Å². The zero-order chi connectivity index (χ0) is 22.9. The van der Waals surface area contributed by atoms with Gasteiger partial charge in [-0.1, -0.05) is 48.5 Å². The largest absolute Gasteiger partial charge is 0.492 e. The summed E-state index contributed by atoms with van der Waals surface area (Å²) in [6.45, 7) is 9.74. The lowest BCUT2D eigenvalue weighted by molar-refractivity contribution is -0.120. The molecule has 2 aromatic carbocycles. The highest BCUT2D eigenvalue weighted by Crippen LogP contribution is 2.12. The van der Waals surface area contributed by atoms with Crippen molar-refractivity contribution in [2.24, 2.45) is 4.99 Å². The topological polar surface area (TPSA) is 63.2 Å². The van der Waals surface area contributed by atoms with E-state index in [1.165, 1.54) is 5.56 Å². The Labute approximate surface area is 192 Å². The molecule has 0 spiro atoms. The lowest BCUT2D eigenvalue weighted by Crippen LogP contribution is -2.38. The minimum atomic E-state index is -0.000506. The predicted molar refractivity (Wildman–Crippen MR) is 130 cm³/mol. The zero-order valence-electron chi connectivity index (χ0n) is 19.0. The molecule has 1 aliphatic heterocycles. The van der Waals surface area contributed by atoms with Crippen LogP contribution in [0.4, 0.5) is 0 Å². The molecular weight excluding hydrogens is 402 g/mol. The van der Waals surface area contributed by atoms with Crippen molar-refractivity contribution < 1.29 is 14.3 Å². The van der Waals surface area contributed by atoms with Gasteiger partial charge in [0.05, 0.1) is 19.6 Å². The van der Waals surface area contributed by atoms with E-state index in [0.717, 1.165) is 57.2 Å². The fourth-order valence-electron chi connectivity index (χ4n) is 3.05. The highest BCUT2D eigenvalue weighted by atomic mass is 16.5. The summed E-state index contributed by atoms with van der Waals surface area (Å²) in [7, 11) is 1.66. The fourth-order valence-corrected chi connectivity index (χ4v) is 3.05. The van der Waals surface area contributed by atoms with Crippen LogP contribution in [0.15, 0.2) is 72.2 Å². The molecule has 1 fully saturated rings. The van der Waals surface area contributed by atoms with Crippen molar-refractivity contribution in [3.8, 4) is 5.75 Å². The number of hydrogen-bond acceptors (Lipinski definition) is 5. The Morgan fingerprint density at radius 3 is 2.50 bits per heavy atom. The third kappa shape index (κ3) is 10.9. The van der Waals surface area contributed by atoms with Crippen LogP contribution in [0.5, 0.6) is 5.75 Å². The molecule has 0 atom stereocenters. The lowest BCUT2D eigenvalue weighted by Gasteiger charge is -2.26. The molecule has 1 amide bonds. The summed E-state index contributed by atoms with van der Waals surface area (Å²) in [5, 5.41) is 2.80. The second-order valence-corrected chi connectivity index (χ2v) is 7.35. The number of morpholine rings is 1. The summed E-state index contributed by atoms with van der Waals surface area (Å²) in [6.07, 6.45) is 4.77. The number of hydrogen-bond donors (Lipinski definition) is 1. The summed E-state index contributed by atoms with van der Waals surface area (Å²) in [5.74, 6) is 0.940. The first kappa shape index (κ1) is 25.3. The smallest absolute Gasteiger partial charge is 0.225 e. The molecule has 1 aliphatic rings. The van der Waals surface area contributed by atoms with Gasteiger partial charge in [-0.05, 0) is 29.7 Å². The SMILES string of the molecule is C=CCc1ccc(OCCN2CCOCC2)cc1.CN=CCC(=O)NCc1ccccc1. The van der Waals surface area contributed by atoms with Gasteiger partial charge in [-0.2, -0.15) is 0 Å². The molecule has 1 heterocycles. The maximum atomic E-state index is 11.2. The molecule has 0 aliphatic carbocycles.